The molecule has 2 atom stereocenters. The highest BCUT2D eigenvalue weighted by Crippen LogP contribution is 2.41. The topological polar surface area (TPSA) is 12.0 Å². The molecule has 1 N–H and O–H groups in total. The van der Waals surface area contributed by atoms with Crippen LogP contribution in [0, 0.1) is 5.92 Å². The summed E-state index contributed by atoms with van der Waals surface area (Å²) in [6, 6.07) is 6.04. The second-order valence-electron chi connectivity index (χ2n) is 5.21. The smallest absolute Gasteiger partial charge is 0.0627 e. The number of benzene rings is 1. The van der Waals surface area contributed by atoms with E-state index in [0.717, 1.165) is 11.6 Å². The van der Waals surface area contributed by atoms with Gasteiger partial charge in [-0.05, 0) is 49.9 Å². The quantitative estimate of drug-likeness (QED) is 0.781. The minimum Gasteiger partial charge on any atom is -0.319 e. The molecule has 2 unspecified atom stereocenters. The van der Waals surface area contributed by atoms with E-state index in [0.29, 0.717) is 16.9 Å². The first-order chi connectivity index (χ1) is 8.74. The second-order valence-corrected chi connectivity index (χ2v) is 5.99. The van der Waals surface area contributed by atoms with Crippen molar-refractivity contribution < 1.29 is 0 Å². The van der Waals surface area contributed by atoms with Gasteiger partial charge in [0.2, 0.25) is 0 Å². The van der Waals surface area contributed by atoms with E-state index in [-0.39, 0.29) is 0 Å². The molecule has 1 aliphatic carbocycles. The number of nitrogens with one attached hydrogen (secondary N) is 1. The fourth-order valence-electron chi connectivity index (χ4n) is 3.11. The van der Waals surface area contributed by atoms with Crippen LogP contribution < -0.4 is 5.32 Å². The second kappa shape index (κ2) is 6.79. The van der Waals surface area contributed by atoms with E-state index in [9.17, 15) is 0 Å². The lowest BCUT2D eigenvalue weighted by molar-refractivity contribution is 0.386. The Balaban J connectivity index is 2.28. The first-order valence-corrected chi connectivity index (χ1v) is 7.58. The number of rotatable bonds is 3. The van der Waals surface area contributed by atoms with Gasteiger partial charge in [0.25, 0.3) is 0 Å². The van der Waals surface area contributed by atoms with Gasteiger partial charge in [0, 0.05) is 0 Å². The maximum absolute atomic E-state index is 6.39. The molecule has 1 aromatic rings. The van der Waals surface area contributed by atoms with Crippen molar-refractivity contribution in [2.24, 2.45) is 5.92 Å². The van der Waals surface area contributed by atoms with Crippen LogP contribution in [0.3, 0.4) is 0 Å². The summed E-state index contributed by atoms with van der Waals surface area (Å²) in [6.07, 6.45) is 6.49. The van der Waals surface area contributed by atoms with E-state index in [1.807, 2.05) is 19.2 Å². The lowest BCUT2D eigenvalue weighted by atomic mass is 9.82. The van der Waals surface area contributed by atoms with Crippen molar-refractivity contribution in [3.05, 3.63) is 33.8 Å². The molecule has 2 rings (SSSR count). The highest BCUT2D eigenvalue weighted by Gasteiger charge is 2.26. The van der Waals surface area contributed by atoms with Crippen molar-refractivity contribution >= 4 is 23.2 Å². The van der Waals surface area contributed by atoms with Crippen LogP contribution in [0.4, 0.5) is 0 Å². The van der Waals surface area contributed by atoms with Gasteiger partial charge in [0.1, 0.15) is 0 Å². The molecule has 1 aromatic carbocycles. The van der Waals surface area contributed by atoms with Crippen molar-refractivity contribution in [2.75, 3.05) is 13.6 Å². The number of hydrogen-bond donors (Lipinski definition) is 1. The van der Waals surface area contributed by atoms with Gasteiger partial charge in [-0.3, -0.25) is 0 Å². The van der Waals surface area contributed by atoms with Crippen LogP contribution in [0.25, 0.3) is 0 Å². The van der Waals surface area contributed by atoms with Gasteiger partial charge in [-0.15, -0.1) is 0 Å². The minimum absolute atomic E-state index is 0.547. The average molecular weight is 286 g/mol. The Labute approximate surface area is 120 Å². The van der Waals surface area contributed by atoms with Gasteiger partial charge >= 0.3 is 0 Å². The zero-order valence-corrected chi connectivity index (χ0v) is 12.4. The van der Waals surface area contributed by atoms with Crippen LogP contribution in [0.2, 0.25) is 10.0 Å². The van der Waals surface area contributed by atoms with Crippen LogP contribution in [0.5, 0.6) is 0 Å². The average Bonchev–Trinajstić information content (AvgIpc) is 2.59. The summed E-state index contributed by atoms with van der Waals surface area (Å²) in [5.41, 5.74) is 1.24. The predicted octanol–water partition coefficient (Wildman–Crippen LogP) is 4.88. The van der Waals surface area contributed by atoms with Crippen molar-refractivity contribution in [3.63, 3.8) is 0 Å². The molecule has 1 nitrogen and oxygen atoms in total. The molecule has 0 saturated heterocycles. The number of hydrogen-bond acceptors (Lipinski definition) is 1. The molecule has 0 spiro atoms. The fraction of sp³-hybridized carbons (Fsp3) is 0.600. The zero-order valence-electron chi connectivity index (χ0n) is 10.9. The molecule has 100 valence electrons. The first kappa shape index (κ1) is 14.2. The molecule has 0 aromatic heterocycles. The first-order valence-electron chi connectivity index (χ1n) is 6.82. The lowest BCUT2D eigenvalue weighted by Gasteiger charge is -2.26. The maximum Gasteiger partial charge on any atom is 0.0627 e. The summed E-state index contributed by atoms with van der Waals surface area (Å²) in [4.78, 5) is 0. The van der Waals surface area contributed by atoms with Crippen LogP contribution in [0.1, 0.15) is 43.6 Å². The summed E-state index contributed by atoms with van der Waals surface area (Å²) in [6.45, 7) is 1.06. The summed E-state index contributed by atoms with van der Waals surface area (Å²) >= 11 is 12.5. The molecule has 0 heterocycles. The minimum atomic E-state index is 0.547. The standard InChI is InChI=1S/C15H21Cl2N/c1-18-10-11-6-3-2-4-7-12(11)13-8-5-9-14(16)15(13)17/h5,8-9,11-12,18H,2-4,6-7,10H2,1H3. The normalized spacial score (nSPS) is 24.8. The fourth-order valence-corrected chi connectivity index (χ4v) is 3.56. The largest absolute Gasteiger partial charge is 0.319 e. The Morgan fingerprint density at radius 3 is 2.72 bits per heavy atom. The molecule has 1 aliphatic rings. The third-order valence-corrected chi connectivity index (χ3v) is 4.84. The van der Waals surface area contributed by atoms with Crippen LogP contribution >= 0.6 is 23.2 Å². The molecule has 0 bridgehead atoms. The third kappa shape index (κ3) is 3.20. The molecule has 18 heavy (non-hydrogen) atoms. The highest BCUT2D eigenvalue weighted by molar-refractivity contribution is 6.42. The Bertz CT molecular complexity index is 392. The Morgan fingerprint density at radius 2 is 1.94 bits per heavy atom. The molecule has 0 radical (unpaired) electrons. The van der Waals surface area contributed by atoms with E-state index >= 15 is 0 Å². The summed E-state index contributed by atoms with van der Waals surface area (Å²) in [5.74, 6) is 1.22. The third-order valence-electron chi connectivity index (χ3n) is 4.01. The van der Waals surface area contributed by atoms with E-state index < -0.39 is 0 Å². The van der Waals surface area contributed by atoms with Crippen LogP contribution in [0.15, 0.2) is 18.2 Å². The van der Waals surface area contributed by atoms with Gasteiger partial charge in [0.15, 0.2) is 0 Å². The predicted molar refractivity (Wildman–Crippen MR) is 79.7 cm³/mol. The molecule has 0 amide bonds. The monoisotopic (exact) mass is 285 g/mol. The lowest BCUT2D eigenvalue weighted by Crippen LogP contribution is -2.24. The van der Waals surface area contributed by atoms with Crippen molar-refractivity contribution in [3.8, 4) is 0 Å². The summed E-state index contributed by atoms with van der Waals surface area (Å²) in [7, 11) is 2.03. The summed E-state index contributed by atoms with van der Waals surface area (Å²) in [5, 5.41) is 4.76. The van der Waals surface area contributed by atoms with Crippen molar-refractivity contribution in [1.29, 1.82) is 0 Å². The van der Waals surface area contributed by atoms with E-state index in [1.54, 1.807) is 0 Å². The summed E-state index contributed by atoms with van der Waals surface area (Å²) < 4.78 is 0. The van der Waals surface area contributed by atoms with Gasteiger partial charge in [-0.2, -0.15) is 0 Å². The van der Waals surface area contributed by atoms with Crippen molar-refractivity contribution in [2.45, 2.75) is 38.0 Å². The molecular weight excluding hydrogens is 265 g/mol. The maximum atomic E-state index is 6.39. The van der Waals surface area contributed by atoms with E-state index in [4.69, 9.17) is 23.2 Å². The molecule has 0 aliphatic heterocycles. The zero-order chi connectivity index (χ0) is 13.0. The van der Waals surface area contributed by atoms with Gasteiger partial charge < -0.3 is 5.32 Å². The molecule has 1 fully saturated rings. The highest BCUT2D eigenvalue weighted by atomic mass is 35.5. The van der Waals surface area contributed by atoms with Gasteiger partial charge in [-0.1, -0.05) is 54.6 Å². The molecule has 1 saturated carbocycles. The van der Waals surface area contributed by atoms with Crippen LogP contribution in [-0.2, 0) is 0 Å². The Hall–Kier alpha value is -0.240. The Morgan fingerprint density at radius 1 is 1.17 bits per heavy atom. The van der Waals surface area contributed by atoms with Gasteiger partial charge in [0.05, 0.1) is 10.0 Å². The van der Waals surface area contributed by atoms with Crippen LogP contribution in [-0.4, -0.2) is 13.6 Å². The Kier molecular flexibility index (Phi) is 5.35. The number of halogens is 2. The SMILES string of the molecule is CNCC1CCCCCC1c1cccc(Cl)c1Cl. The molecule has 3 heteroatoms. The van der Waals surface area contributed by atoms with Gasteiger partial charge in [-0.25, -0.2) is 0 Å². The van der Waals surface area contributed by atoms with Crippen molar-refractivity contribution in [1.82, 2.24) is 5.32 Å². The van der Waals surface area contributed by atoms with E-state index in [2.05, 4.69) is 11.4 Å². The van der Waals surface area contributed by atoms with E-state index in [1.165, 1.54) is 37.7 Å². The molecular formula is C15H21Cl2N.